The molecule has 0 saturated carbocycles. The zero-order chi connectivity index (χ0) is 12.7. The van der Waals surface area contributed by atoms with Crippen molar-refractivity contribution in [3.05, 3.63) is 34.9 Å². The van der Waals surface area contributed by atoms with Gasteiger partial charge in [0.25, 0.3) is 0 Å². The number of terminal acetylenes is 1. The van der Waals surface area contributed by atoms with Crippen LogP contribution in [0.2, 0.25) is 0 Å². The van der Waals surface area contributed by atoms with E-state index in [1.165, 1.54) is 29.5 Å². The molecule has 0 heterocycles. The van der Waals surface area contributed by atoms with Gasteiger partial charge in [-0.2, -0.15) is 0 Å². The maximum atomic E-state index is 5.41. The summed E-state index contributed by atoms with van der Waals surface area (Å²) in [7, 11) is 0. The molecule has 1 aliphatic rings. The molecule has 0 aromatic heterocycles. The van der Waals surface area contributed by atoms with Crippen LogP contribution in [0.4, 0.5) is 0 Å². The van der Waals surface area contributed by atoms with Gasteiger partial charge in [-0.3, -0.25) is 0 Å². The molecule has 0 spiro atoms. The zero-order valence-electron chi connectivity index (χ0n) is 11.4. The Kier molecular flexibility index (Phi) is 2.82. The Labute approximate surface area is 105 Å². The molecule has 0 atom stereocenters. The van der Waals surface area contributed by atoms with Crippen LogP contribution in [-0.2, 0) is 17.3 Å². The largest absolute Gasteiger partial charge is 0.120 e. The summed E-state index contributed by atoms with van der Waals surface area (Å²) in [4.78, 5) is 0. The van der Waals surface area contributed by atoms with E-state index in [1.807, 2.05) is 0 Å². The van der Waals surface area contributed by atoms with Gasteiger partial charge in [0.1, 0.15) is 0 Å². The molecule has 1 aromatic rings. The first-order chi connectivity index (χ1) is 7.87. The fourth-order valence-corrected chi connectivity index (χ4v) is 2.86. The minimum atomic E-state index is 0.287. The summed E-state index contributed by atoms with van der Waals surface area (Å²) in [6.45, 7) is 9.39. The molecule has 0 fully saturated rings. The summed E-state index contributed by atoms with van der Waals surface area (Å²) in [5.74, 6) is 2.74. The number of rotatable bonds is 1. The van der Waals surface area contributed by atoms with Crippen LogP contribution in [0.5, 0.6) is 0 Å². The third-order valence-corrected chi connectivity index (χ3v) is 4.22. The van der Waals surface area contributed by atoms with Crippen LogP contribution in [0.25, 0.3) is 0 Å². The average molecular weight is 226 g/mol. The quantitative estimate of drug-likeness (QED) is 0.629. The van der Waals surface area contributed by atoms with Crippen molar-refractivity contribution < 1.29 is 0 Å². The van der Waals surface area contributed by atoms with Crippen molar-refractivity contribution in [1.29, 1.82) is 0 Å². The van der Waals surface area contributed by atoms with Gasteiger partial charge in [0.15, 0.2) is 0 Å². The molecule has 0 bridgehead atoms. The first kappa shape index (κ1) is 12.2. The minimum absolute atomic E-state index is 0.287. The van der Waals surface area contributed by atoms with Crippen LogP contribution < -0.4 is 0 Å². The van der Waals surface area contributed by atoms with E-state index in [1.54, 1.807) is 0 Å². The van der Waals surface area contributed by atoms with E-state index < -0.39 is 0 Å². The van der Waals surface area contributed by atoms with Gasteiger partial charge >= 0.3 is 0 Å². The van der Waals surface area contributed by atoms with Gasteiger partial charge in [-0.1, -0.05) is 45.9 Å². The number of benzene rings is 1. The van der Waals surface area contributed by atoms with Gasteiger partial charge in [-0.15, -0.1) is 12.3 Å². The van der Waals surface area contributed by atoms with E-state index in [9.17, 15) is 0 Å². The Bertz CT molecular complexity index is 469. The maximum Gasteiger partial charge on any atom is 0.0337 e. The maximum absolute atomic E-state index is 5.41. The van der Waals surface area contributed by atoms with Crippen LogP contribution in [-0.4, -0.2) is 0 Å². The lowest BCUT2D eigenvalue weighted by Crippen LogP contribution is -2.33. The SMILES string of the molecule is C#CCc1ccc2c(c1)C(C)(C)CCC2(C)C. The summed E-state index contributed by atoms with van der Waals surface area (Å²) < 4.78 is 0. The van der Waals surface area contributed by atoms with Gasteiger partial charge in [0.2, 0.25) is 0 Å². The predicted molar refractivity (Wildman–Crippen MR) is 74.3 cm³/mol. The van der Waals surface area contributed by atoms with Gasteiger partial charge in [0, 0.05) is 6.42 Å². The summed E-state index contributed by atoms with van der Waals surface area (Å²) in [5, 5.41) is 0. The molecular weight excluding hydrogens is 204 g/mol. The summed E-state index contributed by atoms with van der Waals surface area (Å²) in [6, 6.07) is 6.82. The molecule has 0 amide bonds. The number of fused-ring (bicyclic) bond motifs is 1. The Morgan fingerprint density at radius 1 is 1.06 bits per heavy atom. The van der Waals surface area contributed by atoms with Crippen molar-refractivity contribution in [3.8, 4) is 12.3 Å². The van der Waals surface area contributed by atoms with Crippen molar-refractivity contribution in [2.24, 2.45) is 0 Å². The number of hydrogen-bond acceptors (Lipinski definition) is 0. The van der Waals surface area contributed by atoms with Gasteiger partial charge in [-0.25, -0.2) is 0 Å². The van der Waals surface area contributed by atoms with Gasteiger partial charge in [-0.05, 0) is 40.4 Å². The first-order valence-corrected chi connectivity index (χ1v) is 6.44. The molecule has 1 aromatic carbocycles. The number of hydrogen-bond donors (Lipinski definition) is 0. The second-order valence-corrected chi connectivity index (χ2v) is 6.53. The van der Waals surface area contributed by atoms with Crippen LogP contribution in [0.3, 0.4) is 0 Å². The molecule has 90 valence electrons. The third-order valence-electron chi connectivity index (χ3n) is 4.22. The smallest absolute Gasteiger partial charge is 0.0337 e. The minimum Gasteiger partial charge on any atom is -0.120 e. The highest BCUT2D eigenvalue weighted by Crippen LogP contribution is 2.45. The zero-order valence-corrected chi connectivity index (χ0v) is 11.4. The monoisotopic (exact) mass is 226 g/mol. The van der Waals surface area contributed by atoms with E-state index in [0.29, 0.717) is 5.41 Å². The third kappa shape index (κ3) is 2.12. The lowest BCUT2D eigenvalue weighted by atomic mass is 9.63. The second-order valence-electron chi connectivity index (χ2n) is 6.53. The summed E-state index contributed by atoms with van der Waals surface area (Å²) in [6.07, 6.45) is 8.67. The standard InChI is InChI=1S/C17H22/c1-6-7-13-8-9-14-15(12-13)17(4,5)11-10-16(14,2)3/h1,8-9,12H,7,10-11H2,2-5H3. The van der Waals surface area contributed by atoms with E-state index in [-0.39, 0.29) is 5.41 Å². The van der Waals surface area contributed by atoms with Crippen molar-refractivity contribution >= 4 is 0 Å². The fourth-order valence-electron chi connectivity index (χ4n) is 2.86. The van der Waals surface area contributed by atoms with Crippen molar-refractivity contribution in [3.63, 3.8) is 0 Å². The van der Waals surface area contributed by atoms with Crippen molar-refractivity contribution in [2.75, 3.05) is 0 Å². The Morgan fingerprint density at radius 3 is 2.24 bits per heavy atom. The van der Waals surface area contributed by atoms with Crippen LogP contribution in [0.1, 0.15) is 57.2 Å². The second kappa shape index (κ2) is 3.91. The van der Waals surface area contributed by atoms with E-state index in [2.05, 4.69) is 51.8 Å². The lowest BCUT2D eigenvalue weighted by molar-refractivity contribution is 0.331. The predicted octanol–water partition coefficient (Wildman–Crippen LogP) is 4.21. The average Bonchev–Trinajstić information content (AvgIpc) is 2.26. The van der Waals surface area contributed by atoms with E-state index >= 15 is 0 Å². The molecule has 2 rings (SSSR count). The van der Waals surface area contributed by atoms with Crippen LogP contribution in [0.15, 0.2) is 18.2 Å². The highest BCUT2D eigenvalue weighted by atomic mass is 14.4. The molecule has 0 nitrogen and oxygen atoms in total. The van der Waals surface area contributed by atoms with E-state index in [4.69, 9.17) is 6.42 Å². The normalized spacial score (nSPS) is 20.4. The summed E-state index contributed by atoms with van der Waals surface area (Å²) in [5.41, 5.74) is 4.88. The van der Waals surface area contributed by atoms with Crippen LogP contribution >= 0.6 is 0 Å². The lowest BCUT2D eigenvalue weighted by Gasteiger charge is -2.42. The van der Waals surface area contributed by atoms with Crippen molar-refractivity contribution in [2.45, 2.75) is 57.8 Å². The topological polar surface area (TPSA) is 0 Å². The highest BCUT2D eigenvalue weighted by Gasteiger charge is 2.36. The molecule has 0 saturated heterocycles. The molecule has 0 heteroatoms. The molecule has 0 aliphatic heterocycles. The Morgan fingerprint density at radius 2 is 1.65 bits per heavy atom. The molecule has 0 unspecified atom stereocenters. The molecular formula is C17H22. The van der Waals surface area contributed by atoms with Gasteiger partial charge in [0.05, 0.1) is 0 Å². The fraction of sp³-hybridized carbons (Fsp3) is 0.529. The van der Waals surface area contributed by atoms with E-state index in [0.717, 1.165) is 6.42 Å². The molecule has 1 aliphatic carbocycles. The molecule has 0 radical (unpaired) electrons. The Balaban J connectivity index is 2.57. The molecule has 0 N–H and O–H groups in total. The molecule has 17 heavy (non-hydrogen) atoms. The van der Waals surface area contributed by atoms with Gasteiger partial charge < -0.3 is 0 Å². The van der Waals surface area contributed by atoms with Crippen LogP contribution in [0, 0.1) is 12.3 Å². The van der Waals surface area contributed by atoms with Crippen molar-refractivity contribution in [1.82, 2.24) is 0 Å². The first-order valence-electron chi connectivity index (χ1n) is 6.44. The highest BCUT2D eigenvalue weighted by molar-refractivity contribution is 5.44. The summed E-state index contributed by atoms with van der Waals surface area (Å²) >= 11 is 0. The Hall–Kier alpha value is -1.22.